The molecule has 0 fully saturated rings. The van der Waals surface area contributed by atoms with Crippen LogP contribution >= 0.6 is 0 Å². The summed E-state index contributed by atoms with van der Waals surface area (Å²) < 4.78 is 27.0. The zero-order chi connectivity index (χ0) is 25.6. The van der Waals surface area contributed by atoms with E-state index in [2.05, 4.69) is 29.4 Å². The number of carbonyl (C=O) groups excluding carboxylic acids is 1. The van der Waals surface area contributed by atoms with Gasteiger partial charge in [0, 0.05) is 45.1 Å². The molecular formula is C27H34N4O3S. The lowest BCUT2D eigenvalue weighted by atomic mass is 9.98. The summed E-state index contributed by atoms with van der Waals surface area (Å²) in [5.41, 5.74) is 2.90. The normalized spacial score (nSPS) is 13.3. The second kappa shape index (κ2) is 11.5. The van der Waals surface area contributed by atoms with Gasteiger partial charge in [-0.3, -0.25) is 9.78 Å². The zero-order valence-electron chi connectivity index (χ0n) is 21.0. The van der Waals surface area contributed by atoms with Gasteiger partial charge in [-0.25, -0.2) is 12.7 Å². The highest BCUT2D eigenvalue weighted by Crippen LogP contribution is 2.25. The predicted molar refractivity (Wildman–Crippen MR) is 140 cm³/mol. The highest BCUT2D eigenvalue weighted by Gasteiger charge is 2.24. The Hall–Kier alpha value is -3.23. The average molecular weight is 495 g/mol. The maximum Gasteiger partial charge on any atom is 0.254 e. The third-order valence-electron chi connectivity index (χ3n) is 6.22. The Morgan fingerprint density at radius 2 is 1.66 bits per heavy atom. The molecule has 2 atom stereocenters. The molecule has 0 radical (unpaired) electrons. The summed E-state index contributed by atoms with van der Waals surface area (Å²) in [4.78, 5) is 19.4. The Labute approximate surface area is 208 Å². The summed E-state index contributed by atoms with van der Waals surface area (Å²) in [5, 5.41) is 3.33. The minimum atomic E-state index is -3.73. The molecular weight excluding hydrogens is 460 g/mol. The lowest BCUT2D eigenvalue weighted by molar-refractivity contribution is 0.0739. The quantitative estimate of drug-likeness (QED) is 0.439. The molecule has 0 saturated carbocycles. The topological polar surface area (TPSA) is 82.6 Å². The molecule has 3 rings (SSSR count). The van der Waals surface area contributed by atoms with Gasteiger partial charge in [-0.1, -0.05) is 43.3 Å². The van der Waals surface area contributed by atoms with E-state index < -0.39 is 10.0 Å². The third-order valence-corrected chi connectivity index (χ3v) is 8.02. The van der Waals surface area contributed by atoms with E-state index in [1.54, 1.807) is 30.3 Å². The van der Waals surface area contributed by atoms with Crippen LogP contribution in [-0.4, -0.2) is 56.2 Å². The monoisotopic (exact) mass is 494 g/mol. The number of aromatic nitrogens is 1. The van der Waals surface area contributed by atoms with Crippen molar-refractivity contribution in [1.82, 2.24) is 14.2 Å². The molecule has 3 aromatic rings. The summed E-state index contributed by atoms with van der Waals surface area (Å²) in [6, 6.07) is 20.3. The number of benzene rings is 2. The van der Waals surface area contributed by atoms with Gasteiger partial charge >= 0.3 is 0 Å². The molecule has 0 unspecified atom stereocenters. The fourth-order valence-electron chi connectivity index (χ4n) is 3.77. The molecule has 0 saturated heterocycles. The summed E-state index contributed by atoms with van der Waals surface area (Å²) in [6.07, 6.45) is 2.54. The van der Waals surface area contributed by atoms with Gasteiger partial charge in [0.25, 0.3) is 5.91 Å². The minimum absolute atomic E-state index is 0.0749. The number of nitrogens with zero attached hydrogens (tertiary/aromatic N) is 3. The van der Waals surface area contributed by atoms with Crippen molar-refractivity contribution in [1.29, 1.82) is 0 Å². The average Bonchev–Trinajstić information content (AvgIpc) is 2.88. The molecule has 1 amide bonds. The minimum Gasteiger partial charge on any atom is -0.385 e. The van der Waals surface area contributed by atoms with Gasteiger partial charge in [-0.05, 0) is 55.2 Å². The molecule has 1 aromatic heterocycles. The Bertz CT molecular complexity index is 1230. The first kappa shape index (κ1) is 26.4. The van der Waals surface area contributed by atoms with E-state index in [0.717, 1.165) is 16.4 Å². The van der Waals surface area contributed by atoms with E-state index >= 15 is 0 Å². The second-order valence-electron chi connectivity index (χ2n) is 8.91. The molecule has 1 N–H and O–H groups in total. The van der Waals surface area contributed by atoms with Crippen molar-refractivity contribution in [3.05, 3.63) is 89.7 Å². The van der Waals surface area contributed by atoms with Gasteiger partial charge in [-0.2, -0.15) is 0 Å². The van der Waals surface area contributed by atoms with Gasteiger partial charge in [0.15, 0.2) is 0 Å². The summed E-state index contributed by atoms with van der Waals surface area (Å²) in [5.74, 6) is 0.0588. The molecule has 0 bridgehead atoms. The van der Waals surface area contributed by atoms with E-state index in [1.807, 2.05) is 43.3 Å². The Balaban J connectivity index is 1.85. The number of anilines is 1. The molecule has 1 heterocycles. The van der Waals surface area contributed by atoms with E-state index in [0.29, 0.717) is 23.7 Å². The fraction of sp³-hybridized carbons (Fsp3) is 0.333. The highest BCUT2D eigenvalue weighted by molar-refractivity contribution is 7.89. The number of pyridine rings is 1. The molecule has 186 valence electrons. The number of sulfonamides is 1. The summed E-state index contributed by atoms with van der Waals surface area (Å²) in [7, 11) is 0.930. The number of amides is 1. The Morgan fingerprint density at radius 1 is 0.971 bits per heavy atom. The maximum absolute atomic E-state index is 13.4. The largest absolute Gasteiger partial charge is 0.385 e. The highest BCUT2D eigenvalue weighted by atomic mass is 32.2. The van der Waals surface area contributed by atoms with Crippen LogP contribution < -0.4 is 5.32 Å². The SMILES string of the molecule is C[C@H](CCNc1cc(C(=O)N(C)[C@@H](C)c2ccccn2)cc(S(=O)(=O)N(C)C)c1)c1ccccc1. The van der Waals surface area contributed by atoms with Crippen LogP contribution in [0.1, 0.15) is 53.8 Å². The van der Waals surface area contributed by atoms with Crippen LogP contribution in [0.2, 0.25) is 0 Å². The van der Waals surface area contributed by atoms with Gasteiger partial charge in [0.05, 0.1) is 16.6 Å². The molecule has 0 aliphatic rings. The first-order chi connectivity index (χ1) is 16.6. The van der Waals surface area contributed by atoms with E-state index in [9.17, 15) is 13.2 Å². The molecule has 0 aliphatic heterocycles. The van der Waals surface area contributed by atoms with Crippen LogP contribution in [0.3, 0.4) is 0 Å². The Morgan fingerprint density at radius 3 is 2.29 bits per heavy atom. The van der Waals surface area contributed by atoms with Crippen molar-refractivity contribution in [3.63, 3.8) is 0 Å². The van der Waals surface area contributed by atoms with Crippen LogP contribution in [0, 0.1) is 0 Å². The Kier molecular flexibility index (Phi) is 8.64. The van der Waals surface area contributed by atoms with Gasteiger partial charge < -0.3 is 10.2 Å². The van der Waals surface area contributed by atoms with E-state index in [4.69, 9.17) is 0 Å². The van der Waals surface area contributed by atoms with Crippen molar-refractivity contribution in [3.8, 4) is 0 Å². The van der Waals surface area contributed by atoms with Crippen molar-refractivity contribution < 1.29 is 13.2 Å². The standard InChI is InChI=1S/C27H34N4O3S/c1-20(22-11-7-6-8-12-22)14-16-28-24-17-23(18-25(19-24)35(33,34)30(3)4)27(32)31(5)21(2)26-13-9-10-15-29-26/h6-13,15,17-21,28H,14,16H2,1-5H3/t20-,21+/m1/s1. The summed E-state index contributed by atoms with van der Waals surface area (Å²) >= 11 is 0. The predicted octanol–water partition coefficient (Wildman–Crippen LogP) is 4.77. The lowest BCUT2D eigenvalue weighted by Crippen LogP contribution is -2.30. The van der Waals surface area contributed by atoms with Crippen LogP contribution in [-0.2, 0) is 10.0 Å². The molecule has 0 spiro atoms. The summed E-state index contributed by atoms with van der Waals surface area (Å²) in [6.45, 7) is 4.69. The first-order valence-electron chi connectivity index (χ1n) is 11.7. The number of carbonyl (C=O) groups is 1. The first-order valence-corrected chi connectivity index (χ1v) is 13.1. The van der Waals surface area contributed by atoms with Crippen LogP contribution in [0.5, 0.6) is 0 Å². The molecule has 2 aromatic carbocycles. The lowest BCUT2D eigenvalue weighted by Gasteiger charge is -2.25. The molecule has 35 heavy (non-hydrogen) atoms. The van der Waals surface area contributed by atoms with Gasteiger partial charge in [0.2, 0.25) is 10.0 Å². The van der Waals surface area contributed by atoms with Crippen molar-refractivity contribution in [2.75, 3.05) is 33.0 Å². The number of nitrogens with one attached hydrogen (secondary N) is 1. The van der Waals surface area contributed by atoms with Crippen LogP contribution in [0.15, 0.2) is 77.8 Å². The fourth-order valence-corrected chi connectivity index (χ4v) is 4.74. The molecule has 0 aliphatic carbocycles. The van der Waals surface area contributed by atoms with E-state index in [-0.39, 0.29) is 16.8 Å². The molecule has 7 nitrogen and oxygen atoms in total. The third kappa shape index (κ3) is 6.46. The number of hydrogen-bond donors (Lipinski definition) is 1. The van der Waals surface area contributed by atoms with Gasteiger partial charge in [-0.15, -0.1) is 0 Å². The van der Waals surface area contributed by atoms with Crippen molar-refractivity contribution in [2.24, 2.45) is 0 Å². The number of rotatable bonds is 10. The van der Waals surface area contributed by atoms with Crippen LogP contribution in [0.25, 0.3) is 0 Å². The second-order valence-corrected chi connectivity index (χ2v) is 11.1. The maximum atomic E-state index is 13.4. The zero-order valence-corrected chi connectivity index (χ0v) is 21.8. The van der Waals surface area contributed by atoms with Crippen molar-refractivity contribution >= 4 is 21.6 Å². The van der Waals surface area contributed by atoms with Crippen LogP contribution in [0.4, 0.5) is 5.69 Å². The number of hydrogen-bond acceptors (Lipinski definition) is 5. The van der Waals surface area contributed by atoms with Gasteiger partial charge in [0.1, 0.15) is 0 Å². The van der Waals surface area contributed by atoms with E-state index in [1.165, 1.54) is 25.7 Å². The van der Waals surface area contributed by atoms with Crippen molar-refractivity contribution in [2.45, 2.75) is 37.1 Å². The molecule has 8 heteroatoms. The smallest absolute Gasteiger partial charge is 0.254 e.